The lowest BCUT2D eigenvalue weighted by atomic mass is 10.0. The number of halogens is 2. The lowest BCUT2D eigenvalue weighted by molar-refractivity contribution is 0.0747. The summed E-state index contributed by atoms with van der Waals surface area (Å²) >= 11 is 2.29. The molecule has 4 aromatic rings. The molecule has 0 spiro atoms. The zero-order valence-electron chi connectivity index (χ0n) is 21.4. The van der Waals surface area contributed by atoms with Gasteiger partial charge in [-0.15, -0.1) is 0 Å². The van der Waals surface area contributed by atoms with E-state index < -0.39 is 0 Å². The number of hydrogen-bond donors (Lipinski definition) is 0. The summed E-state index contributed by atoms with van der Waals surface area (Å²) < 4.78 is 21.0. The van der Waals surface area contributed by atoms with Crippen LogP contribution in [0.3, 0.4) is 0 Å². The Labute approximate surface area is 239 Å². The largest absolute Gasteiger partial charge is 0.497 e. The van der Waals surface area contributed by atoms with Gasteiger partial charge in [-0.3, -0.25) is 9.59 Å². The van der Waals surface area contributed by atoms with E-state index in [0.717, 1.165) is 20.9 Å². The topological polar surface area (TPSA) is 78.6 Å². The molecule has 0 unspecified atom stereocenters. The van der Waals surface area contributed by atoms with Crippen LogP contribution in [0.15, 0.2) is 71.5 Å². The number of hydrogen-bond acceptors (Lipinski definition) is 5. The number of anilines is 1. The van der Waals surface area contributed by atoms with E-state index >= 15 is 0 Å². The van der Waals surface area contributed by atoms with Gasteiger partial charge in [0.1, 0.15) is 23.2 Å². The molecule has 2 heterocycles. The standard InChI is InChI=1S/C30H26FIN4O3/c1-39-24-9-5-22(6-10-24)29(37)35-14-12-34(13-15-35)28-25-16-21(17-32)4-11-27(25)36(30(38)26(28)18-33)19-20-2-7-23(31)8-3-20/h2-11,16H,12-15,17,19H2,1H3. The number of carbonyl (C=O) groups excluding carboxylic acids is 1. The third-order valence-electron chi connectivity index (χ3n) is 7.04. The zero-order valence-corrected chi connectivity index (χ0v) is 23.5. The summed E-state index contributed by atoms with van der Waals surface area (Å²) in [6.07, 6.45) is 0. The molecular formula is C30H26FIN4O3. The van der Waals surface area contributed by atoms with Gasteiger partial charge in [0.05, 0.1) is 24.9 Å². The van der Waals surface area contributed by atoms with E-state index in [2.05, 4.69) is 28.7 Å². The highest BCUT2D eigenvalue weighted by Gasteiger charge is 2.27. The van der Waals surface area contributed by atoms with Gasteiger partial charge in [0.25, 0.3) is 11.5 Å². The quantitative estimate of drug-likeness (QED) is 0.221. The van der Waals surface area contributed by atoms with Gasteiger partial charge in [-0.2, -0.15) is 5.26 Å². The number of fused-ring (bicyclic) bond motifs is 1. The number of ether oxygens (including phenoxy) is 1. The molecular weight excluding hydrogens is 610 g/mol. The first-order chi connectivity index (χ1) is 18.9. The Kier molecular flexibility index (Phi) is 7.84. The van der Waals surface area contributed by atoms with Crippen molar-refractivity contribution < 1.29 is 13.9 Å². The molecule has 0 N–H and O–H groups in total. The molecule has 1 amide bonds. The molecule has 1 fully saturated rings. The average Bonchev–Trinajstić information content (AvgIpc) is 2.98. The van der Waals surface area contributed by atoms with Gasteiger partial charge in [-0.1, -0.05) is 40.8 Å². The van der Waals surface area contributed by atoms with E-state index in [-0.39, 0.29) is 29.4 Å². The molecule has 0 bridgehead atoms. The fraction of sp³-hybridized carbons (Fsp3) is 0.233. The number of nitrogens with zero attached hydrogens (tertiary/aromatic N) is 4. The van der Waals surface area contributed by atoms with Crippen molar-refractivity contribution in [3.8, 4) is 11.8 Å². The number of amides is 1. The number of methoxy groups -OCH3 is 1. The van der Waals surface area contributed by atoms with Crippen LogP contribution in [0.25, 0.3) is 10.9 Å². The molecule has 3 aromatic carbocycles. The minimum Gasteiger partial charge on any atom is -0.497 e. The summed E-state index contributed by atoms with van der Waals surface area (Å²) in [5.74, 6) is 0.275. The molecule has 1 aromatic heterocycles. The van der Waals surface area contributed by atoms with Crippen molar-refractivity contribution >= 4 is 45.1 Å². The number of rotatable bonds is 6. The van der Waals surface area contributed by atoms with Crippen molar-refractivity contribution in [3.63, 3.8) is 0 Å². The van der Waals surface area contributed by atoms with Gasteiger partial charge in [0.15, 0.2) is 0 Å². The first-order valence-corrected chi connectivity index (χ1v) is 14.0. The van der Waals surface area contributed by atoms with Crippen LogP contribution in [0.2, 0.25) is 0 Å². The Morgan fingerprint density at radius 1 is 1.00 bits per heavy atom. The van der Waals surface area contributed by atoms with Crippen molar-refractivity contribution in [3.05, 3.63) is 105 Å². The summed E-state index contributed by atoms with van der Waals surface area (Å²) in [6, 6.07) is 21.2. The van der Waals surface area contributed by atoms with E-state index in [9.17, 15) is 19.2 Å². The maximum absolute atomic E-state index is 13.7. The number of carbonyl (C=O) groups is 1. The maximum atomic E-state index is 13.7. The van der Waals surface area contributed by atoms with Crippen molar-refractivity contribution in [2.45, 2.75) is 11.0 Å². The Bertz CT molecular complexity index is 1620. The SMILES string of the molecule is COc1ccc(C(=O)N2CCN(c3c(C#N)c(=O)n(Cc4ccc(F)cc4)c4ccc(CI)cc34)CC2)cc1. The molecule has 1 aliphatic rings. The van der Waals surface area contributed by atoms with E-state index in [1.807, 2.05) is 23.1 Å². The third kappa shape index (κ3) is 5.34. The Morgan fingerprint density at radius 2 is 1.67 bits per heavy atom. The molecule has 9 heteroatoms. The Balaban J connectivity index is 1.50. The average molecular weight is 636 g/mol. The second-order valence-corrected chi connectivity index (χ2v) is 10.1. The van der Waals surface area contributed by atoms with Crippen molar-refractivity contribution in [2.24, 2.45) is 0 Å². The summed E-state index contributed by atoms with van der Waals surface area (Å²) in [6.45, 7) is 2.12. The normalized spacial score (nSPS) is 13.4. The summed E-state index contributed by atoms with van der Waals surface area (Å²) in [5.41, 5.74) is 3.43. The van der Waals surface area contributed by atoms with Crippen LogP contribution >= 0.6 is 22.6 Å². The van der Waals surface area contributed by atoms with E-state index in [0.29, 0.717) is 48.7 Å². The number of pyridine rings is 1. The van der Waals surface area contributed by atoms with Crippen LogP contribution in [0.5, 0.6) is 5.75 Å². The molecule has 1 aliphatic heterocycles. The summed E-state index contributed by atoms with van der Waals surface area (Å²) in [7, 11) is 1.58. The molecule has 7 nitrogen and oxygen atoms in total. The molecule has 0 aliphatic carbocycles. The van der Waals surface area contributed by atoms with Crippen LogP contribution < -0.4 is 15.2 Å². The second kappa shape index (κ2) is 11.5. The fourth-order valence-electron chi connectivity index (χ4n) is 4.98. The number of piperazine rings is 1. The van der Waals surface area contributed by atoms with Crippen LogP contribution in [-0.4, -0.2) is 48.7 Å². The van der Waals surface area contributed by atoms with Crippen LogP contribution in [0.1, 0.15) is 27.0 Å². The predicted molar refractivity (Wildman–Crippen MR) is 157 cm³/mol. The first-order valence-electron chi connectivity index (χ1n) is 12.5. The molecule has 39 heavy (non-hydrogen) atoms. The van der Waals surface area contributed by atoms with Crippen molar-refractivity contribution in [1.29, 1.82) is 5.26 Å². The Hall–Kier alpha value is -3.91. The molecule has 5 rings (SSSR count). The highest BCUT2D eigenvalue weighted by Crippen LogP contribution is 2.32. The van der Waals surface area contributed by atoms with Gasteiger partial charge < -0.3 is 19.1 Å². The van der Waals surface area contributed by atoms with Crippen molar-refractivity contribution in [1.82, 2.24) is 9.47 Å². The maximum Gasteiger partial charge on any atom is 0.271 e. The number of aromatic nitrogens is 1. The minimum atomic E-state index is -0.386. The van der Waals surface area contributed by atoms with E-state index in [1.165, 1.54) is 12.1 Å². The third-order valence-corrected chi connectivity index (χ3v) is 7.92. The predicted octanol–water partition coefficient (Wildman–Crippen LogP) is 4.97. The van der Waals surface area contributed by atoms with Gasteiger partial charge in [-0.25, -0.2) is 4.39 Å². The number of alkyl halides is 1. The van der Waals surface area contributed by atoms with E-state index in [1.54, 1.807) is 53.0 Å². The lowest BCUT2D eigenvalue weighted by Gasteiger charge is -2.37. The molecule has 0 radical (unpaired) electrons. The monoisotopic (exact) mass is 636 g/mol. The first kappa shape index (κ1) is 26.7. The van der Waals surface area contributed by atoms with Crippen LogP contribution in [0, 0.1) is 17.1 Å². The summed E-state index contributed by atoms with van der Waals surface area (Å²) in [4.78, 5) is 30.6. The van der Waals surface area contributed by atoms with Gasteiger partial charge in [-0.05, 0) is 59.7 Å². The highest BCUT2D eigenvalue weighted by molar-refractivity contribution is 14.1. The molecule has 0 saturated carbocycles. The number of nitriles is 1. The van der Waals surface area contributed by atoms with Crippen molar-refractivity contribution in [2.75, 3.05) is 38.2 Å². The molecule has 1 saturated heterocycles. The van der Waals surface area contributed by atoms with Gasteiger partial charge >= 0.3 is 0 Å². The lowest BCUT2D eigenvalue weighted by Crippen LogP contribution is -2.49. The van der Waals surface area contributed by atoms with Crippen LogP contribution in [0.4, 0.5) is 10.1 Å². The smallest absolute Gasteiger partial charge is 0.271 e. The second-order valence-electron chi connectivity index (χ2n) is 9.35. The summed E-state index contributed by atoms with van der Waals surface area (Å²) in [5, 5.41) is 11.0. The van der Waals surface area contributed by atoms with E-state index in [4.69, 9.17) is 4.74 Å². The highest BCUT2D eigenvalue weighted by atomic mass is 127. The molecule has 0 atom stereocenters. The molecule has 198 valence electrons. The fourth-order valence-corrected chi connectivity index (χ4v) is 5.45. The number of benzene rings is 3. The Morgan fingerprint density at radius 3 is 2.28 bits per heavy atom. The minimum absolute atomic E-state index is 0.0652. The zero-order chi connectivity index (χ0) is 27.5. The van der Waals surface area contributed by atoms with Gasteiger partial charge in [0.2, 0.25) is 0 Å². The van der Waals surface area contributed by atoms with Gasteiger partial charge in [0, 0.05) is 41.6 Å². The van der Waals surface area contributed by atoms with Crippen LogP contribution in [-0.2, 0) is 11.0 Å².